The Hall–Kier alpha value is -2.58. The van der Waals surface area contributed by atoms with Gasteiger partial charge in [0.25, 0.3) is 0 Å². The molecule has 1 aliphatic rings. The van der Waals surface area contributed by atoms with E-state index in [1.54, 1.807) is 12.3 Å². The molecular formula is C23H20ClFN4OS. The number of benzene rings is 2. The molecule has 0 spiro atoms. The van der Waals surface area contributed by atoms with Crippen LogP contribution in [0.1, 0.15) is 0 Å². The average Bonchev–Trinajstić information content (AvgIpc) is 3.23. The van der Waals surface area contributed by atoms with Crippen LogP contribution in [0.25, 0.3) is 32.9 Å². The van der Waals surface area contributed by atoms with Crippen molar-refractivity contribution < 1.29 is 9.50 Å². The van der Waals surface area contributed by atoms with Crippen LogP contribution in [0, 0.1) is 5.82 Å². The van der Waals surface area contributed by atoms with E-state index in [2.05, 4.69) is 20.8 Å². The molecule has 1 aliphatic heterocycles. The molecule has 1 saturated heterocycles. The van der Waals surface area contributed by atoms with Gasteiger partial charge in [-0.3, -0.25) is 9.88 Å². The Morgan fingerprint density at radius 1 is 1.16 bits per heavy atom. The number of aromatic nitrogens is 2. The zero-order valence-electron chi connectivity index (χ0n) is 16.6. The van der Waals surface area contributed by atoms with Gasteiger partial charge in [-0.15, -0.1) is 0 Å². The number of aliphatic hydroxyl groups excluding tert-OH is 1. The van der Waals surface area contributed by atoms with Gasteiger partial charge in [0.15, 0.2) is 5.82 Å². The van der Waals surface area contributed by atoms with E-state index in [1.165, 1.54) is 17.6 Å². The summed E-state index contributed by atoms with van der Waals surface area (Å²) in [5.41, 5.74) is 2.01. The third-order valence-electron chi connectivity index (χ3n) is 5.73. The highest BCUT2D eigenvalue weighted by atomic mass is 35.5. The second-order valence-electron chi connectivity index (χ2n) is 7.48. The number of rotatable bonds is 4. The molecule has 3 heterocycles. The maximum absolute atomic E-state index is 15.7. The van der Waals surface area contributed by atoms with Gasteiger partial charge >= 0.3 is 0 Å². The maximum Gasteiger partial charge on any atom is 0.159 e. The summed E-state index contributed by atoms with van der Waals surface area (Å²) in [6.07, 6.45) is 2.57. The fraction of sp³-hybridized carbons (Fsp3) is 0.217. The molecule has 0 radical (unpaired) electrons. The van der Waals surface area contributed by atoms with Crippen LogP contribution >= 0.6 is 23.1 Å². The van der Waals surface area contributed by atoms with Crippen molar-refractivity contribution in [2.24, 2.45) is 0 Å². The number of halogens is 2. The molecule has 31 heavy (non-hydrogen) atoms. The third-order valence-corrected chi connectivity index (χ3v) is 6.96. The van der Waals surface area contributed by atoms with Gasteiger partial charge in [0.2, 0.25) is 0 Å². The van der Waals surface area contributed by atoms with Crippen molar-refractivity contribution in [1.29, 1.82) is 0 Å². The predicted octanol–water partition coefficient (Wildman–Crippen LogP) is 4.93. The summed E-state index contributed by atoms with van der Waals surface area (Å²) in [6.45, 7) is 6.42. The second-order valence-corrected chi connectivity index (χ2v) is 8.64. The SMILES string of the molecule is C=CC(O)N1CCN(c2snc3c(F)c(-c4cccc5cccnc45)c(Cl)cc23)CC1. The molecule has 2 aromatic heterocycles. The van der Waals surface area contributed by atoms with E-state index in [1.807, 2.05) is 35.2 Å². The Labute approximate surface area is 188 Å². The number of hydrogen-bond acceptors (Lipinski definition) is 6. The van der Waals surface area contributed by atoms with Crippen molar-refractivity contribution in [1.82, 2.24) is 14.3 Å². The van der Waals surface area contributed by atoms with E-state index < -0.39 is 12.0 Å². The molecule has 1 fully saturated rings. The molecular weight excluding hydrogens is 435 g/mol. The molecule has 1 unspecified atom stereocenters. The van der Waals surface area contributed by atoms with Crippen molar-refractivity contribution >= 4 is 49.9 Å². The van der Waals surface area contributed by atoms with E-state index in [4.69, 9.17) is 11.6 Å². The molecule has 158 valence electrons. The highest BCUT2D eigenvalue weighted by Gasteiger charge is 2.26. The number of fused-ring (bicyclic) bond motifs is 2. The van der Waals surface area contributed by atoms with Gasteiger partial charge in [0.05, 0.1) is 10.5 Å². The van der Waals surface area contributed by atoms with E-state index >= 15 is 4.39 Å². The number of piperazine rings is 1. The number of pyridine rings is 1. The van der Waals surface area contributed by atoms with Crippen LogP contribution in [0.2, 0.25) is 5.02 Å². The van der Waals surface area contributed by atoms with Gasteiger partial charge in [0.1, 0.15) is 16.7 Å². The molecule has 2 aromatic carbocycles. The first-order valence-corrected chi connectivity index (χ1v) is 11.1. The Balaban J connectivity index is 1.56. The molecule has 0 amide bonds. The van der Waals surface area contributed by atoms with Gasteiger partial charge in [-0.1, -0.05) is 42.4 Å². The van der Waals surface area contributed by atoms with Crippen LogP contribution in [0.5, 0.6) is 0 Å². The van der Waals surface area contributed by atoms with Crippen molar-refractivity contribution in [3.8, 4) is 11.1 Å². The first-order chi connectivity index (χ1) is 15.1. The van der Waals surface area contributed by atoms with Gasteiger partial charge in [-0.25, -0.2) is 4.39 Å². The van der Waals surface area contributed by atoms with Gasteiger partial charge in [-0.2, -0.15) is 4.37 Å². The summed E-state index contributed by atoms with van der Waals surface area (Å²) in [5, 5.41) is 12.8. The van der Waals surface area contributed by atoms with Crippen molar-refractivity contribution in [2.75, 3.05) is 31.1 Å². The minimum absolute atomic E-state index is 0.320. The number of aliphatic hydroxyl groups is 1. The number of nitrogens with zero attached hydrogens (tertiary/aromatic N) is 4. The zero-order valence-corrected chi connectivity index (χ0v) is 18.2. The van der Waals surface area contributed by atoms with Crippen LogP contribution in [0.4, 0.5) is 9.39 Å². The minimum Gasteiger partial charge on any atom is -0.375 e. The molecule has 1 N–H and O–H groups in total. The second kappa shape index (κ2) is 8.16. The maximum atomic E-state index is 15.7. The lowest BCUT2D eigenvalue weighted by Crippen LogP contribution is -2.49. The largest absolute Gasteiger partial charge is 0.375 e. The topological polar surface area (TPSA) is 52.5 Å². The number of anilines is 1. The molecule has 8 heteroatoms. The lowest BCUT2D eigenvalue weighted by atomic mass is 10.00. The summed E-state index contributed by atoms with van der Waals surface area (Å²) in [6, 6.07) is 11.3. The van der Waals surface area contributed by atoms with E-state index in [9.17, 15) is 5.11 Å². The molecule has 5 rings (SSSR count). The standard InChI is InChI=1S/C23H20ClFN4OS/c1-2-18(30)28-9-11-29(12-10-28)23-16-13-17(24)19(20(25)22(16)27-31-23)15-7-3-5-14-6-4-8-26-21(14)15/h2-8,13,18,30H,1,9-12H2. The average molecular weight is 455 g/mol. The van der Waals surface area contributed by atoms with Gasteiger partial charge in [-0.05, 0) is 29.7 Å². The quantitative estimate of drug-likeness (QED) is 0.443. The first-order valence-electron chi connectivity index (χ1n) is 9.99. The summed E-state index contributed by atoms with van der Waals surface area (Å²) >= 11 is 7.91. The molecule has 5 nitrogen and oxygen atoms in total. The van der Waals surface area contributed by atoms with Crippen LogP contribution in [0.15, 0.2) is 55.3 Å². The van der Waals surface area contributed by atoms with Crippen LogP contribution in [-0.4, -0.2) is 51.8 Å². The summed E-state index contributed by atoms with van der Waals surface area (Å²) in [5.74, 6) is -0.427. The smallest absolute Gasteiger partial charge is 0.159 e. The third kappa shape index (κ3) is 3.47. The van der Waals surface area contributed by atoms with Crippen LogP contribution < -0.4 is 4.90 Å². The highest BCUT2D eigenvalue weighted by molar-refractivity contribution is 7.11. The molecule has 0 aliphatic carbocycles. The van der Waals surface area contributed by atoms with Crippen molar-refractivity contribution in [3.05, 3.63) is 66.1 Å². The minimum atomic E-state index is -0.649. The van der Waals surface area contributed by atoms with Gasteiger partial charge in [0, 0.05) is 54.3 Å². The van der Waals surface area contributed by atoms with Gasteiger partial charge < -0.3 is 10.0 Å². The lowest BCUT2D eigenvalue weighted by Gasteiger charge is -2.36. The molecule has 0 saturated carbocycles. The normalized spacial score (nSPS) is 16.2. The van der Waals surface area contributed by atoms with Crippen LogP contribution in [0.3, 0.4) is 0 Å². The highest BCUT2D eigenvalue weighted by Crippen LogP contribution is 2.42. The number of para-hydroxylation sites is 1. The molecule has 0 bridgehead atoms. The van der Waals surface area contributed by atoms with Crippen molar-refractivity contribution in [3.63, 3.8) is 0 Å². The fourth-order valence-electron chi connectivity index (χ4n) is 4.12. The van der Waals surface area contributed by atoms with Crippen LogP contribution in [-0.2, 0) is 0 Å². The predicted molar refractivity (Wildman–Crippen MR) is 125 cm³/mol. The van der Waals surface area contributed by atoms with Crippen molar-refractivity contribution in [2.45, 2.75) is 6.23 Å². The zero-order chi connectivity index (χ0) is 21.5. The van der Waals surface area contributed by atoms with E-state index in [0.717, 1.165) is 10.4 Å². The number of hydrogen-bond donors (Lipinski definition) is 1. The molecule has 4 aromatic rings. The Morgan fingerprint density at radius 3 is 2.71 bits per heavy atom. The summed E-state index contributed by atoms with van der Waals surface area (Å²) in [4.78, 5) is 8.56. The summed E-state index contributed by atoms with van der Waals surface area (Å²) < 4.78 is 20.1. The Morgan fingerprint density at radius 2 is 1.94 bits per heavy atom. The Bertz CT molecular complexity index is 1280. The lowest BCUT2D eigenvalue weighted by molar-refractivity contribution is 0.0382. The Kier molecular flexibility index (Phi) is 5.35. The fourth-order valence-corrected chi connectivity index (χ4v) is 5.32. The monoisotopic (exact) mass is 454 g/mol. The molecule has 1 atom stereocenters. The van der Waals surface area contributed by atoms with E-state index in [-0.39, 0.29) is 0 Å². The summed E-state index contributed by atoms with van der Waals surface area (Å²) in [7, 11) is 0. The first kappa shape index (κ1) is 20.3. The van der Waals surface area contributed by atoms with E-state index in [0.29, 0.717) is 58.7 Å².